The molecule has 3 rings (SSSR count). The van der Waals surface area contributed by atoms with Gasteiger partial charge in [0.15, 0.2) is 11.6 Å². The molecule has 1 fully saturated rings. The molecule has 0 aromatic carbocycles. The first-order chi connectivity index (χ1) is 11.1. The van der Waals surface area contributed by atoms with Crippen molar-refractivity contribution in [2.45, 2.75) is 51.0 Å². The van der Waals surface area contributed by atoms with Crippen LogP contribution in [0.1, 0.15) is 46.0 Å². The maximum atomic E-state index is 12.9. The average Bonchev–Trinajstić information content (AvgIpc) is 2.60. The van der Waals surface area contributed by atoms with Gasteiger partial charge in [0.05, 0.1) is 4.91 Å². The fraction of sp³-hybridized carbons (Fsp3) is 0.421. The second-order valence-corrected chi connectivity index (χ2v) is 7.29. The van der Waals surface area contributed by atoms with E-state index in [0.29, 0.717) is 16.1 Å². The number of rotatable bonds is 3. The third kappa shape index (κ3) is 3.18. The van der Waals surface area contributed by atoms with E-state index in [1.54, 1.807) is 20.0 Å². The summed E-state index contributed by atoms with van der Waals surface area (Å²) in [4.78, 5) is 30.6. The second-order valence-electron chi connectivity index (χ2n) is 6.26. The molecule has 1 heterocycles. The van der Waals surface area contributed by atoms with Crippen molar-refractivity contribution in [1.82, 2.24) is 4.98 Å². The lowest BCUT2D eigenvalue weighted by molar-refractivity contribution is -0.116. The summed E-state index contributed by atoms with van der Waals surface area (Å²) in [5, 5.41) is 0.768. The van der Waals surface area contributed by atoms with Crippen LogP contribution in [0.5, 0.6) is 0 Å². The minimum absolute atomic E-state index is 0.00155. The largest absolute Gasteiger partial charge is 0.289 e. The molecule has 3 nitrogen and oxygen atoms in total. The number of nitrogens with zero attached hydrogens (tertiary/aromatic N) is 1. The first-order valence-electron chi connectivity index (χ1n) is 8.19. The Hall–Kier alpha value is -1.68. The molecule has 120 valence electrons. The highest BCUT2D eigenvalue weighted by Gasteiger charge is 2.35. The van der Waals surface area contributed by atoms with Crippen LogP contribution in [0.25, 0.3) is 0 Å². The molecule has 0 aliphatic heterocycles. The topological polar surface area (TPSA) is 47.0 Å². The number of hydrogen-bond donors (Lipinski definition) is 0. The predicted octanol–water partition coefficient (Wildman–Crippen LogP) is 4.50. The van der Waals surface area contributed by atoms with Gasteiger partial charge in [-0.2, -0.15) is 0 Å². The van der Waals surface area contributed by atoms with Gasteiger partial charge >= 0.3 is 0 Å². The highest BCUT2D eigenvalue weighted by atomic mass is 32.2. The number of thioether (sulfide) groups is 1. The Bertz CT molecular complexity index is 697. The Morgan fingerprint density at radius 3 is 2.35 bits per heavy atom. The van der Waals surface area contributed by atoms with Crippen molar-refractivity contribution in [3.8, 4) is 0 Å². The van der Waals surface area contributed by atoms with Gasteiger partial charge in [-0.3, -0.25) is 9.59 Å². The van der Waals surface area contributed by atoms with Crippen LogP contribution < -0.4 is 0 Å². The Kier molecular flexibility index (Phi) is 4.81. The number of hydrogen-bond acceptors (Lipinski definition) is 4. The van der Waals surface area contributed by atoms with Crippen molar-refractivity contribution in [1.29, 1.82) is 0 Å². The molecule has 4 heteroatoms. The van der Waals surface area contributed by atoms with Gasteiger partial charge in [0.25, 0.3) is 0 Å². The molecule has 0 atom stereocenters. The summed E-state index contributed by atoms with van der Waals surface area (Å²) >= 11 is 1.35. The SMILES string of the molecule is CC1=C(C)C(=O)C(C2CCCCC2)=C(Sc2ccccn2)C1=O. The zero-order valence-electron chi connectivity index (χ0n) is 13.6. The van der Waals surface area contributed by atoms with Crippen molar-refractivity contribution in [3.05, 3.63) is 46.0 Å². The van der Waals surface area contributed by atoms with Crippen LogP contribution in [0.15, 0.2) is 51.0 Å². The molecule has 0 unspecified atom stereocenters. The van der Waals surface area contributed by atoms with Crippen LogP contribution in [0.2, 0.25) is 0 Å². The molecule has 2 aliphatic rings. The Balaban J connectivity index is 2.04. The third-order valence-corrected chi connectivity index (χ3v) is 5.86. The molecule has 23 heavy (non-hydrogen) atoms. The van der Waals surface area contributed by atoms with Crippen LogP contribution in [0.3, 0.4) is 0 Å². The van der Waals surface area contributed by atoms with E-state index >= 15 is 0 Å². The molecule has 0 amide bonds. The van der Waals surface area contributed by atoms with Gasteiger partial charge in [-0.05, 0) is 44.7 Å². The summed E-state index contributed by atoms with van der Waals surface area (Å²) in [7, 11) is 0. The standard InChI is InChI=1S/C19H21NO2S/c1-12-13(2)18(22)19(23-15-10-6-7-11-20-15)16(17(12)21)14-8-4-3-5-9-14/h6-7,10-11,14H,3-5,8-9H2,1-2H3. The minimum Gasteiger partial charge on any atom is -0.289 e. The van der Waals surface area contributed by atoms with E-state index in [1.165, 1.54) is 18.2 Å². The number of carbonyl (C=O) groups is 2. The molecule has 0 radical (unpaired) electrons. The van der Waals surface area contributed by atoms with Gasteiger partial charge in [0.2, 0.25) is 0 Å². The Morgan fingerprint density at radius 1 is 1.00 bits per heavy atom. The fourth-order valence-corrected chi connectivity index (χ4v) is 4.40. The lowest BCUT2D eigenvalue weighted by Gasteiger charge is -2.29. The van der Waals surface area contributed by atoms with Crippen molar-refractivity contribution >= 4 is 23.3 Å². The predicted molar refractivity (Wildman–Crippen MR) is 92.1 cm³/mol. The van der Waals surface area contributed by atoms with E-state index in [1.807, 2.05) is 18.2 Å². The number of pyridine rings is 1. The zero-order chi connectivity index (χ0) is 16.4. The zero-order valence-corrected chi connectivity index (χ0v) is 14.4. The lowest BCUT2D eigenvalue weighted by Crippen LogP contribution is -2.26. The quantitative estimate of drug-likeness (QED) is 0.767. The fourth-order valence-electron chi connectivity index (χ4n) is 3.31. The number of aromatic nitrogens is 1. The number of carbonyl (C=O) groups excluding carboxylic acids is 2. The molecule has 0 spiro atoms. The summed E-state index contributed by atoms with van der Waals surface area (Å²) in [6, 6.07) is 5.64. The summed E-state index contributed by atoms with van der Waals surface area (Å²) in [6.07, 6.45) is 7.23. The van der Waals surface area contributed by atoms with Crippen LogP contribution in [0, 0.1) is 5.92 Å². The maximum absolute atomic E-state index is 12.9. The molecule has 0 bridgehead atoms. The van der Waals surface area contributed by atoms with Crippen molar-refractivity contribution < 1.29 is 9.59 Å². The van der Waals surface area contributed by atoms with Gasteiger partial charge in [-0.25, -0.2) is 4.98 Å². The van der Waals surface area contributed by atoms with Crippen molar-refractivity contribution in [2.24, 2.45) is 5.92 Å². The maximum Gasteiger partial charge on any atom is 0.196 e. The van der Waals surface area contributed by atoms with Crippen molar-refractivity contribution in [3.63, 3.8) is 0 Å². The number of Topliss-reactive ketones (excluding diaryl/α,β-unsaturated/α-hetero) is 2. The molecule has 1 saturated carbocycles. The summed E-state index contributed by atoms with van der Waals surface area (Å²) in [5.74, 6) is 0.278. The van der Waals surface area contributed by atoms with E-state index in [-0.39, 0.29) is 17.5 Å². The van der Waals surface area contributed by atoms with E-state index in [0.717, 1.165) is 36.3 Å². The van der Waals surface area contributed by atoms with Gasteiger partial charge in [-0.1, -0.05) is 37.1 Å². The summed E-state index contributed by atoms with van der Waals surface area (Å²) < 4.78 is 0. The molecule has 1 aromatic rings. The van der Waals surface area contributed by atoms with E-state index < -0.39 is 0 Å². The van der Waals surface area contributed by atoms with E-state index in [4.69, 9.17) is 0 Å². The summed E-state index contributed by atoms with van der Waals surface area (Å²) in [6.45, 7) is 3.53. The molecular weight excluding hydrogens is 306 g/mol. The van der Waals surface area contributed by atoms with Crippen LogP contribution in [-0.4, -0.2) is 16.6 Å². The van der Waals surface area contributed by atoms with Gasteiger partial charge < -0.3 is 0 Å². The first kappa shape index (κ1) is 16.2. The van der Waals surface area contributed by atoms with E-state index in [2.05, 4.69) is 4.98 Å². The molecular formula is C19H21NO2S. The molecule has 2 aliphatic carbocycles. The van der Waals surface area contributed by atoms with Crippen LogP contribution in [-0.2, 0) is 9.59 Å². The minimum atomic E-state index is -0.00155. The second kappa shape index (κ2) is 6.83. The Labute approximate surface area is 141 Å². The molecule has 0 saturated heterocycles. The third-order valence-electron chi connectivity index (χ3n) is 4.80. The normalized spacial score (nSPS) is 20.4. The van der Waals surface area contributed by atoms with Gasteiger partial charge in [-0.15, -0.1) is 0 Å². The highest BCUT2D eigenvalue weighted by molar-refractivity contribution is 8.04. The summed E-state index contributed by atoms with van der Waals surface area (Å²) in [5.41, 5.74) is 1.93. The van der Waals surface area contributed by atoms with Crippen LogP contribution in [0.4, 0.5) is 0 Å². The smallest absolute Gasteiger partial charge is 0.196 e. The van der Waals surface area contributed by atoms with Gasteiger partial charge in [0, 0.05) is 22.9 Å². The van der Waals surface area contributed by atoms with Gasteiger partial charge in [0.1, 0.15) is 5.03 Å². The average molecular weight is 327 g/mol. The van der Waals surface area contributed by atoms with Crippen molar-refractivity contribution in [2.75, 3.05) is 0 Å². The van der Waals surface area contributed by atoms with E-state index in [9.17, 15) is 9.59 Å². The van der Waals surface area contributed by atoms with Crippen LogP contribution >= 0.6 is 11.8 Å². The highest BCUT2D eigenvalue weighted by Crippen LogP contribution is 2.42. The number of allylic oxidation sites excluding steroid dienone is 4. The lowest BCUT2D eigenvalue weighted by atomic mass is 9.77. The monoisotopic (exact) mass is 327 g/mol. The number of ketones is 2. The molecule has 1 aromatic heterocycles. The molecule has 0 N–H and O–H groups in total. The first-order valence-corrected chi connectivity index (χ1v) is 9.01. The Morgan fingerprint density at radius 2 is 1.70 bits per heavy atom.